The van der Waals surface area contributed by atoms with Gasteiger partial charge in [-0.05, 0) is 37.1 Å². The Morgan fingerprint density at radius 1 is 1.12 bits per heavy atom. The number of carbonyl (C=O) groups is 2. The van der Waals surface area contributed by atoms with Crippen molar-refractivity contribution in [2.24, 2.45) is 11.0 Å². The average molecular weight is 440 g/mol. The molecule has 0 saturated carbocycles. The maximum absolute atomic E-state index is 12.8. The molecule has 0 unspecified atom stereocenters. The van der Waals surface area contributed by atoms with Gasteiger partial charge < -0.3 is 14.4 Å². The largest absolute Gasteiger partial charge is 0.493 e. The molecule has 0 bridgehead atoms. The summed E-state index contributed by atoms with van der Waals surface area (Å²) in [6.45, 7) is 0.859. The number of amides is 2. The zero-order chi connectivity index (χ0) is 23.1. The van der Waals surface area contributed by atoms with E-state index < -0.39 is 4.92 Å². The Balaban J connectivity index is 1.55. The van der Waals surface area contributed by atoms with Crippen molar-refractivity contribution in [3.8, 4) is 11.5 Å². The van der Waals surface area contributed by atoms with Gasteiger partial charge in [-0.2, -0.15) is 5.10 Å². The van der Waals surface area contributed by atoms with Crippen LogP contribution in [0.3, 0.4) is 0 Å². The topological polar surface area (TPSA) is 123 Å². The van der Waals surface area contributed by atoms with Crippen molar-refractivity contribution >= 4 is 23.7 Å². The number of nitrogens with one attached hydrogen (secondary N) is 1. The lowest BCUT2D eigenvalue weighted by atomic mass is 9.95. The second-order valence-electron chi connectivity index (χ2n) is 7.19. The zero-order valence-electron chi connectivity index (χ0n) is 17.8. The SMILES string of the molecule is COc1ccc(C(=O)N2CCC(C(=O)N/N=C\c3ccccc3[N+](=O)[O-])CC2)cc1OC. The van der Waals surface area contributed by atoms with Gasteiger partial charge in [-0.25, -0.2) is 5.43 Å². The van der Waals surface area contributed by atoms with E-state index in [1.807, 2.05) is 0 Å². The molecule has 1 aliphatic heterocycles. The third kappa shape index (κ3) is 5.20. The third-order valence-corrected chi connectivity index (χ3v) is 5.30. The predicted octanol–water partition coefficient (Wildman–Crippen LogP) is 2.61. The smallest absolute Gasteiger partial charge is 0.278 e. The van der Waals surface area contributed by atoms with Gasteiger partial charge in [0, 0.05) is 30.6 Å². The van der Waals surface area contributed by atoms with Crippen LogP contribution < -0.4 is 14.9 Å². The van der Waals surface area contributed by atoms with E-state index in [1.165, 1.54) is 26.5 Å². The Kier molecular flexibility index (Phi) is 7.37. The first kappa shape index (κ1) is 22.7. The maximum atomic E-state index is 12.8. The first-order chi connectivity index (χ1) is 15.4. The number of carbonyl (C=O) groups excluding carboxylic acids is 2. The molecule has 0 aliphatic carbocycles. The van der Waals surface area contributed by atoms with E-state index in [-0.39, 0.29) is 23.4 Å². The molecule has 3 rings (SSSR count). The molecule has 1 heterocycles. The van der Waals surface area contributed by atoms with E-state index in [0.29, 0.717) is 48.6 Å². The number of hydrogen-bond acceptors (Lipinski definition) is 7. The first-order valence-corrected chi connectivity index (χ1v) is 10.0. The van der Waals surface area contributed by atoms with Crippen LogP contribution in [0.2, 0.25) is 0 Å². The summed E-state index contributed by atoms with van der Waals surface area (Å²) < 4.78 is 10.4. The number of rotatable bonds is 7. The number of hydrogen-bond donors (Lipinski definition) is 1. The van der Waals surface area contributed by atoms with Crippen LogP contribution in [-0.2, 0) is 4.79 Å². The molecule has 168 valence electrons. The fourth-order valence-electron chi connectivity index (χ4n) is 3.52. The molecule has 0 atom stereocenters. The molecule has 1 saturated heterocycles. The second-order valence-corrected chi connectivity index (χ2v) is 7.19. The van der Waals surface area contributed by atoms with Crippen LogP contribution in [0.15, 0.2) is 47.6 Å². The van der Waals surface area contributed by atoms with E-state index in [0.717, 1.165) is 0 Å². The van der Waals surface area contributed by atoms with Crippen LogP contribution in [0.1, 0.15) is 28.8 Å². The summed E-state index contributed by atoms with van der Waals surface area (Å²) in [5, 5.41) is 14.9. The number of likely N-dealkylation sites (tertiary alicyclic amines) is 1. The molecule has 0 radical (unpaired) electrons. The quantitative estimate of drug-likeness (QED) is 0.401. The van der Waals surface area contributed by atoms with Crippen molar-refractivity contribution in [3.05, 3.63) is 63.7 Å². The van der Waals surface area contributed by atoms with Gasteiger partial charge in [0.05, 0.1) is 30.9 Å². The highest BCUT2D eigenvalue weighted by Gasteiger charge is 2.28. The van der Waals surface area contributed by atoms with Gasteiger partial charge in [0.15, 0.2) is 11.5 Å². The average Bonchev–Trinajstić information content (AvgIpc) is 2.83. The van der Waals surface area contributed by atoms with Crippen LogP contribution in [0.25, 0.3) is 0 Å². The molecule has 2 amide bonds. The van der Waals surface area contributed by atoms with Gasteiger partial charge in [0.1, 0.15) is 0 Å². The van der Waals surface area contributed by atoms with E-state index in [1.54, 1.807) is 41.3 Å². The Hall–Kier alpha value is -3.95. The van der Waals surface area contributed by atoms with Gasteiger partial charge in [-0.3, -0.25) is 19.7 Å². The lowest BCUT2D eigenvalue weighted by molar-refractivity contribution is -0.385. The van der Waals surface area contributed by atoms with E-state index in [9.17, 15) is 19.7 Å². The normalized spacial score (nSPS) is 14.2. The Bertz CT molecular complexity index is 1030. The van der Waals surface area contributed by atoms with Crippen LogP contribution in [0.5, 0.6) is 11.5 Å². The summed E-state index contributed by atoms with van der Waals surface area (Å²) in [7, 11) is 3.04. The molecule has 1 N–H and O–H groups in total. The van der Waals surface area contributed by atoms with Crippen molar-refractivity contribution in [3.63, 3.8) is 0 Å². The molecule has 10 heteroatoms. The highest BCUT2D eigenvalue weighted by molar-refractivity contribution is 5.95. The summed E-state index contributed by atoms with van der Waals surface area (Å²) in [6.07, 6.45) is 2.24. The number of para-hydroxylation sites is 1. The summed E-state index contributed by atoms with van der Waals surface area (Å²) in [5.41, 5.74) is 3.14. The minimum Gasteiger partial charge on any atom is -0.493 e. The number of ether oxygens (including phenoxy) is 2. The van der Waals surface area contributed by atoms with Gasteiger partial charge in [-0.1, -0.05) is 12.1 Å². The molecule has 0 aromatic heterocycles. The molecular formula is C22H24N4O6. The lowest BCUT2D eigenvalue weighted by Gasteiger charge is -2.31. The van der Waals surface area contributed by atoms with Gasteiger partial charge in [0.2, 0.25) is 5.91 Å². The number of methoxy groups -OCH3 is 2. The standard InChI is InChI=1S/C22H24N4O6/c1-31-19-8-7-16(13-20(19)32-2)22(28)25-11-9-15(10-12-25)21(27)24-23-14-17-5-3-4-6-18(17)26(29)30/h3-8,13-15H,9-12H2,1-2H3,(H,24,27)/b23-14-. The van der Waals surface area contributed by atoms with Gasteiger partial charge in [-0.15, -0.1) is 0 Å². The fourth-order valence-corrected chi connectivity index (χ4v) is 3.52. The minimum absolute atomic E-state index is 0.0903. The van der Waals surface area contributed by atoms with E-state index in [4.69, 9.17) is 9.47 Å². The predicted molar refractivity (Wildman–Crippen MR) is 117 cm³/mol. The molecule has 2 aromatic carbocycles. The highest BCUT2D eigenvalue weighted by atomic mass is 16.6. The molecule has 1 aliphatic rings. The number of hydrazone groups is 1. The van der Waals surface area contributed by atoms with Crippen LogP contribution in [0.4, 0.5) is 5.69 Å². The number of piperidine rings is 1. The monoisotopic (exact) mass is 440 g/mol. The number of nitrogens with zero attached hydrogens (tertiary/aromatic N) is 3. The molecule has 10 nitrogen and oxygen atoms in total. The summed E-state index contributed by atoms with van der Waals surface area (Å²) >= 11 is 0. The molecule has 32 heavy (non-hydrogen) atoms. The Morgan fingerprint density at radius 2 is 1.81 bits per heavy atom. The lowest BCUT2D eigenvalue weighted by Crippen LogP contribution is -2.42. The molecule has 0 spiro atoms. The summed E-state index contributed by atoms with van der Waals surface area (Å²) in [5.74, 6) is 0.301. The number of nitro benzene ring substituents is 1. The van der Waals surface area contributed by atoms with E-state index in [2.05, 4.69) is 10.5 Å². The van der Waals surface area contributed by atoms with E-state index >= 15 is 0 Å². The van der Waals surface area contributed by atoms with Crippen molar-refractivity contribution in [2.45, 2.75) is 12.8 Å². The molecular weight excluding hydrogens is 416 g/mol. The third-order valence-electron chi connectivity index (χ3n) is 5.30. The van der Waals surface area contributed by atoms with Crippen LogP contribution in [-0.4, -0.2) is 55.2 Å². The van der Waals surface area contributed by atoms with Crippen LogP contribution in [0, 0.1) is 16.0 Å². The first-order valence-electron chi connectivity index (χ1n) is 10.0. The van der Waals surface area contributed by atoms with Crippen molar-refractivity contribution in [1.82, 2.24) is 10.3 Å². The highest BCUT2D eigenvalue weighted by Crippen LogP contribution is 2.29. The Morgan fingerprint density at radius 3 is 2.47 bits per heavy atom. The Labute approximate surface area is 185 Å². The van der Waals surface area contributed by atoms with Gasteiger partial charge in [0.25, 0.3) is 11.6 Å². The second kappa shape index (κ2) is 10.4. The zero-order valence-corrected chi connectivity index (χ0v) is 17.8. The van der Waals surface area contributed by atoms with Crippen LogP contribution >= 0.6 is 0 Å². The molecule has 2 aromatic rings. The van der Waals surface area contributed by atoms with Crippen molar-refractivity contribution in [1.29, 1.82) is 0 Å². The van der Waals surface area contributed by atoms with Gasteiger partial charge >= 0.3 is 0 Å². The maximum Gasteiger partial charge on any atom is 0.278 e. The number of benzene rings is 2. The van der Waals surface area contributed by atoms with Crippen molar-refractivity contribution in [2.75, 3.05) is 27.3 Å². The summed E-state index contributed by atoms with van der Waals surface area (Å²) in [4.78, 5) is 37.4. The number of nitro groups is 1. The minimum atomic E-state index is -0.506. The summed E-state index contributed by atoms with van der Waals surface area (Å²) in [6, 6.07) is 11.1. The van der Waals surface area contributed by atoms with Crippen molar-refractivity contribution < 1.29 is 24.0 Å². The fraction of sp³-hybridized carbons (Fsp3) is 0.318. The molecule has 1 fully saturated rings.